The number of carbonyl (C=O) groups is 2. The Morgan fingerprint density at radius 2 is 1.53 bits per heavy atom. The van der Waals surface area contributed by atoms with Gasteiger partial charge in [0.25, 0.3) is 5.91 Å². The van der Waals surface area contributed by atoms with Crippen LogP contribution in [0.3, 0.4) is 0 Å². The van der Waals surface area contributed by atoms with E-state index in [1.54, 1.807) is 19.2 Å². The van der Waals surface area contributed by atoms with Gasteiger partial charge in [0, 0.05) is 23.5 Å². The highest BCUT2D eigenvalue weighted by Gasteiger charge is 2.07. The molecule has 0 heterocycles. The van der Waals surface area contributed by atoms with Crippen molar-refractivity contribution in [3.63, 3.8) is 0 Å². The van der Waals surface area contributed by atoms with Gasteiger partial charge in [-0.2, -0.15) is 0 Å². The molecule has 0 saturated heterocycles. The average Bonchev–Trinajstić information content (AvgIpc) is 2.79. The monoisotopic (exact) mass is 420 g/mol. The largest absolute Gasteiger partial charge is 0.497 e. The van der Waals surface area contributed by atoms with Crippen LogP contribution in [-0.2, 0) is 17.1 Å². The van der Waals surface area contributed by atoms with Gasteiger partial charge in [-0.05, 0) is 47.5 Å². The Kier molecular flexibility index (Phi) is 7.92. The third-order valence-corrected chi connectivity index (χ3v) is 5.40. The molecule has 0 spiro atoms. The second kappa shape index (κ2) is 11.1. The second-order valence-corrected chi connectivity index (χ2v) is 7.62. The van der Waals surface area contributed by atoms with E-state index in [0.717, 1.165) is 22.6 Å². The predicted molar refractivity (Wildman–Crippen MR) is 122 cm³/mol. The number of amides is 2. The molecule has 0 unspecified atom stereocenters. The number of benzene rings is 3. The molecule has 0 radical (unpaired) electrons. The molecule has 154 valence electrons. The molecule has 0 aliphatic heterocycles. The first-order valence-electron chi connectivity index (χ1n) is 9.57. The van der Waals surface area contributed by atoms with E-state index in [4.69, 9.17) is 4.74 Å². The molecule has 6 heteroatoms. The molecule has 30 heavy (non-hydrogen) atoms. The van der Waals surface area contributed by atoms with Crippen LogP contribution in [0.2, 0.25) is 0 Å². The van der Waals surface area contributed by atoms with Gasteiger partial charge < -0.3 is 15.4 Å². The molecule has 0 aliphatic carbocycles. The summed E-state index contributed by atoms with van der Waals surface area (Å²) in [5.74, 6) is 1.74. The number of hydrogen-bond acceptors (Lipinski definition) is 4. The van der Waals surface area contributed by atoms with Gasteiger partial charge in [0.05, 0.1) is 12.9 Å². The van der Waals surface area contributed by atoms with Gasteiger partial charge >= 0.3 is 0 Å². The minimum absolute atomic E-state index is 0.00493. The Balaban J connectivity index is 1.39. The first-order valence-corrected chi connectivity index (χ1v) is 10.7. The Hall–Kier alpha value is -3.25. The van der Waals surface area contributed by atoms with Gasteiger partial charge in [-0.15, -0.1) is 11.8 Å². The number of hydrogen-bond donors (Lipinski definition) is 2. The van der Waals surface area contributed by atoms with E-state index >= 15 is 0 Å². The smallest absolute Gasteiger partial charge is 0.255 e. The van der Waals surface area contributed by atoms with Crippen LogP contribution >= 0.6 is 11.8 Å². The second-order valence-electron chi connectivity index (χ2n) is 6.63. The third-order valence-electron chi connectivity index (χ3n) is 4.40. The van der Waals surface area contributed by atoms with Crippen molar-refractivity contribution in [3.8, 4) is 5.75 Å². The fraction of sp³-hybridized carbons (Fsp3) is 0.167. The molecule has 2 N–H and O–H groups in total. The number of nitrogens with one attached hydrogen (secondary N) is 2. The number of rotatable bonds is 9. The first-order chi connectivity index (χ1) is 14.6. The van der Waals surface area contributed by atoms with E-state index in [0.29, 0.717) is 23.6 Å². The van der Waals surface area contributed by atoms with Crippen LogP contribution < -0.4 is 15.4 Å². The van der Waals surface area contributed by atoms with E-state index in [2.05, 4.69) is 10.6 Å². The first kappa shape index (κ1) is 21.5. The summed E-state index contributed by atoms with van der Waals surface area (Å²) in [6, 6.07) is 24.4. The van der Waals surface area contributed by atoms with Crippen molar-refractivity contribution in [3.05, 3.63) is 95.6 Å². The summed E-state index contributed by atoms with van der Waals surface area (Å²) >= 11 is 1.54. The van der Waals surface area contributed by atoms with E-state index in [9.17, 15) is 9.59 Å². The van der Waals surface area contributed by atoms with Crippen molar-refractivity contribution in [2.75, 3.05) is 18.2 Å². The molecule has 3 aromatic carbocycles. The average molecular weight is 421 g/mol. The summed E-state index contributed by atoms with van der Waals surface area (Å²) in [5, 5.41) is 5.78. The molecule has 5 nitrogen and oxygen atoms in total. The Bertz CT molecular complexity index is 958. The van der Waals surface area contributed by atoms with Crippen molar-refractivity contribution in [2.45, 2.75) is 12.3 Å². The number of thioether (sulfide) groups is 1. The third kappa shape index (κ3) is 6.67. The molecule has 3 rings (SSSR count). The van der Waals surface area contributed by atoms with Crippen LogP contribution in [0.5, 0.6) is 5.75 Å². The fourth-order valence-electron chi connectivity index (χ4n) is 2.73. The highest BCUT2D eigenvalue weighted by molar-refractivity contribution is 7.99. The molecule has 2 amide bonds. The van der Waals surface area contributed by atoms with Gasteiger partial charge in [0.15, 0.2) is 0 Å². The van der Waals surface area contributed by atoms with Crippen LogP contribution in [-0.4, -0.2) is 24.7 Å². The maximum atomic E-state index is 12.3. The zero-order chi connectivity index (χ0) is 21.2. The molecule has 3 aromatic rings. The van der Waals surface area contributed by atoms with Crippen molar-refractivity contribution in [1.82, 2.24) is 5.32 Å². The summed E-state index contributed by atoms with van der Waals surface area (Å²) in [4.78, 5) is 24.3. The van der Waals surface area contributed by atoms with E-state index in [-0.39, 0.29) is 11.8 Å². The van der Waals surface area contributed by atoms with Gasteiger partial charge in [0.2, 0.25) is 5.91 Å². The van der Waals surface area contributed by atoms with Gasteiger partial charge in [-0.1, -0.05) is 42.5 Å². The molecule has 0 aromatic heterocycles. The summed E-state index contributed by atoms with van der Waals surface area (Å²) in [7, 11) is 1.63. The lowest BCUT2D eigenvalue weighted by Crippen LogP contribution is -2.24. The SMILES string of the molecule is COc1ccc(CNC(=O)CSCc2ccc(C(=O)Nc3ccccc3)cc2)cc1. The van der Waals surface area contributed by atoms with Crippen molar-refractivity contribution in [1.29, 1.82) is 0 Å². The number of para-hydroxylation sites is 1. The topological polar surface area (TPSA) is 67.4 Å². The van der Waals surface area contributed by atoms with E-state index < -0.39 is 0 Å². The minimum Gasteiger partial charge on any atom is -0.497 e. The maximum Gasteiger partial charge on any atom is 0.255 e. The standard InChI is InChI=1S/C24H24N2O3S/c1-29-22-13-9-18(10-14-22)15-25-23(27)17-30-16-19-7-11-20(12-8-19)24(28)26-21-5-3-2-4-6-21/h2-14H,15-17H2,1H3,(H,25,27)(H,26,28). The lowest BCUT2D eigenvalue weighted by atomic mass is 10.1. The van der Waals surface area contributed by atoms with Crippen molar-refractivity contribution in [2.24, 2.45) is 0 Å². The Labute approximate surface area is 180 Å². The van der Waals surface area contributed by atoms with Crippen LogP contribution in [0.4, 0.5) is 5.69 Å². The molecular formula is C24H24N2O3S. The number of methoxy groups -OCH3 is 1. The maximum absolute atomic E-state index is 12.3. The van der Waals surface area contributed by atoms with Crippen molar-refractivity contribution >= 4 is 29.3 Å². The number of carbonyl (C=O) groups excluding carboxylic acids is 2. The summed E-state index contributed by atoms with van der Waals surface area (Å²) in [6.45, 7) is 0.495. The fourth-order valence-corrected chi connectivity index (χ4v) is 3.55. The zero-order valence-corrected chi connectivity index (χ0v) is 17.6. The quantitative estimate of drug-likeness (QED) is 0.535. The lowest BCUT2D eigenvalue weighted by Gasteiger charge is -2.07. The van der Waals surface area contributed by atoms with Crippen LogP contribution in [0.1, 0.15) is 21.5 Å². The van der Waals surface area contributed by atoms with E-state index in [1.165, 1.54) is 11.8 Å². The molecule has 0 aliphatic rings. The summed E-state index contributed by atoms with van der Waals surface area (Å²) in [5.41, 5.74) is 3.46. The summed E-state index contributed by atoms with van der Waals surface area (Å²) < 4.78 is 5.12. The highest BCUT2D eigenvalue weighted by atomic mass is 32.2. The number of ether oxygens (including phenoxy) is 1. The minimum atomic E-state index is -0.140. The molecule has 0 fully saturated rings. The molecular weight excluding hydrogens is 396 g/mol. The zero-order valence-electron chi connectivity index (χ0n) is 16.8. The number of anilines is 1. The lowest BCUT2D eigenvalue weighted by molar-refractivity contribution is -0.118. The van der Waals surface area contributed by atoms with Gasteiger partial charge in [-0.25, -0.2) is 0 Å². The Morgan fingerprint density at radius 1 is 0.867 bits per heavy atom. The van der Waals surface area contributed by atoms with E-state index in [1.807, 2.05) is 66.7 Å². The molecule has 0 bridgehead atoms. The van der Waals surface area contributed by atoms with Crippen LogP contribution in [0, 0.1) is 0 Å². The van der Waals surface area contributed by atoms with Crippen molar-refractivity contribution < 1.29 is 14.3 Å². The van der Waals surface area contributed by atoms with Crippen LogP contribution in [0.25, 0.3) is 0 Å². The van der Waals surface area contributed by atoms with Crippen LogP contribution in [0.15, 0.2) is 78.9 Å². The Morgan fingerprint density at radius 3 is 2.20 bits per heavy atom. The highest BCUT2D eigenvalue weighted by Crippen LogP contribution is 2.15. The predicted octanol–water partition coefficient (Wildman–Crippen LogP) is 4.50. The molecule has 0 saturated carbocycles. The van der Waals surface area contributed by atoms with Gasteiger partial charge in [-0.3, -0.25) is 9.59 Å². The molecule has 0 atom stereocenters. The van der Waals surface area contributed by atoms with Gasteiger partial charge in [0.1, 0.15) is 5.75 Å². The summed E-state index contributed by atoms with van der Waals surface area (Å²) in [6.07, 6.45) is 0. The normalized spacial score (nSPS) is 10.3.